The second-order valence-corrected chi connectivity index (χ2v) is 5.67. The highest BCUT2D eigenvalue weighted by Crippen LogP contribution is 2.25. The molecule has 2 N–H and O–H groups in total. The molecule has 0 aliphatic heterocycles. The van der Waals surface area contributed by atoms with Gasteiger partial charge in [-0.25, -0.2) is 4.98 Å². The number of nitrogens with one attached hydrogen (secondary N) is 2. The fraction of sp³-hybridized carbons (Fsp3) is 0.158. The molecule has 5 heteroatoms. The van der Waals surface area contributed by atoms with Crippen LogP contribution in [0.5, 0.6) is 0 Å². The van der Waals surface area contributed by atoms with Crippen LogP contribution in [0.1, 0.15) is 11.1 Å². The van der Waals surface area contributed by atoms with Crippen molar-refractivity contribution in [1.82, 2.24) is 4.98 Å². The van der Waals surface area contributed by atoms with Crippen LogP contribution < -0.4 is 10.6 Å². The summed E-state index contributed by atoms with van der Waals surface area (Å²) in [7, 11) is 0. The van der Waals surface area contributed by atoms with Gasteiger partial charge in [0.05, 0.1) is 12.7 Å². The van der Waals surface area contributed by atoms with Crippen molar-refractivity contribution < 1.29 is 9.21 Å². The van der Waals surface area contributed by atoms with E-state index in [-0.39, 0.29) is 12.5 Å². The Kier molecular flexibility index (Phi) is 4.61. The van der Waals surface area contributed by atoms with Crippen LogP contribution in [-0.4, -0.2) is 17.4 Å². The van der Waals surface area contributed by atoms with Gasteiger partial charge in [0.2, 0.25) is 5.91 Å². The van der Waals surface area contributed by atoms with Crippen molar-refractivity contribution in [3.05, 3.63) is 66.2 Å². The maximum absolute atomic E-state index is 12.1. The van der Waals surface area contributed by atoms with Crippen molar-refractivity contribution in [2.75, 3.05) is 17.2 Å². The Hall–Kier alpha value is -3.08. The van der Waals surface area contributed by atoms with Crippen LogP contribution in [0.3, 0.4) is 0 Å². The highest BCUT2D eigenvalue weighted by Gasteiger charge is 2.08. The summed E-state index contributed by atoms with van der Waals surface area (Å²) in [5, 5.41) is 6.01. The summed E-state index contributed by atoms with van der Waals surface area (Å²) in [6.45, 7) is 4.20. The minimum Gasteiger partial charge on any atom is -0.444 e. The first kappa shape index (κ1) is 15.8. The van der Waals surface area contributed by atoms with Crippen molar-refractivity contribution in [2.24, 2.45) is 0 Å². The van der Waals surface area contributed by atoms with Crippen LogP contribution in [0.2, 0.25) is 0 Å². The average molecular weight is 321 g/mol. The van der Waals surface area contributed by atoms with Crippen molar-refractivity contribution in [3.8, 4) is 11.3 Å². The Morgan fingerprint density at radius 2 is 2.00 bits per heavy atom. The first-order valence-electron chi connectivity index (χ1n) is 7.72. The number of aryl methyl sites for hydroxylation is 2. The first-order valence-corrected chi connectivity index (χ1v) is 7.72. The molecule has 24 heavy (non-hydrogen) atoms. The number of hydrogen-bond donors (Lipinski definition) is 2. The number of hydrogen-bond acceptors (Lipinski definition) is 4. The van der Waals surface area contributed by atoms with Crippen molar-refractivity contribution in [3.63, 3.8) is 0 Å². The Morgan fingerprint density at radius 1 is 1.12 bits per heavy atom. The van der Waals surface area contributed by atoms with Crippen LogP contribution in [0, 0.1) is 13.8 Å². The largest absolute Gasteiger partial charge is 0.444 e. The maximum atomic E-state index is 12.1. The smallest absolute Gasteiger partial charge is 0.243 e. The van der Waals surface area contributed by atoms with E-state index in [1.807, 2.05) is 56.3 Å². The summed E-state index contributed by atoms with van der Waals surface area (Å²) < 4.78 is 5.31. The van der Waals surface area contributed by atoms with E-state index in [0.717, 1.165) is 28.1 Å². The van der Waals surface area contributed by atoms with Gasteiger partial charge in [-0.05, 0) is 55.3 Å². The third-order valence-electron chi connectivity index (χ3n) is 3.68. The van der Waals surface area contributed by atoms with E-state index in [4.69, 9.17) is 4.42 Å². The summed E-state index contributed by atoms with van der Waals surface area (Å²) >= 11 is 0. The Bertz CT molecular complexity index is 842. The summed E-state index contributed by atoms with van der Waals surface area (Å²) in [5.74, 6) is 0.620. The fourth-order valence-electron chi connectivity index (χ4n) is 2.51. The van der Waals surface area contributed by atoms with Crippen molar-refractivity contribution in [1.29, 1.82) is 0 Å². The van der Waals surface area contributed by atoms with Crippen LogP contribution in [0.25, 0.3) is 11.3 Å². The third kappa shape index (κ3) is 3.81. The zero-order chi connectivity index (χ0) is 16.9. The summed E-state index contributed by atoms with van der Waals surface area (Å²) in [4.78, 5) is 16.0. The third-order valence-corrected chi connectivity index (χ3v) is 3.68. The van der Waals surface area contributed by atoms with Gasteiger partial charge in [-0.15, -0.1) is 0 Å². The molecule has 5 nitrogen and oxygen atoms in total. The number of carbonyl (C=O) groups is 1. The van der Waals surface area contributed by atoms with Crippen LogP contribution >= 0.6 is 0 Å². The summed E-state index contributed by atoms with van der Waals surface area (Å²) in [6, 6.07) is 13.6. The lowest BCUT2D eigenvalue weighted by Crippen LogP contribution is -2.21. The molecule has 1 aromatic heterocycles. The molecule has 0 spiro atoms. The second-order valence-electron chi connectivity index (χ2n) is 5.67. The van der Waals surface area contributed by atoms with Crippen LogP contribution in [0.15, 0.2) is 59.5 Å². The predicted octanol–water partition coefficient (Wildman–Crippen LogP) is 4.01. The number of oxazole rings is 1. The van der Waals surface area contributed by atoms with E-state index in [1.165, 1.54) is 6.39 Å². The molecule has 3 aromatic rings. The number of carbonyl (C=O) groups excluding carboxylic acids is 1. The molecule has 0 atom stereocenters. The minimum atomic E-state index is -0.0941. The maximum Gasteiger partial charge on any atom is 0.243 e. The lowest BCUT2D eigenvalue weighted by molar-refractivity contribution is -0.114. The van der Waals surface area contributed by atoms with Gasteiger partial charge in [0.25, 0.3) is 0 Å². The van der Waals surface area contributed by atoms with Crippen molar-refractivity contribution >= 4 is 17.3 Å². The van der Waals surface area contributed by atoms with E-state index in [1.54, 1.807) is 6.20 Å². The number of amides is 1. The van der Waals surface area contributed by atoms with Gasteiger partial charge in [-0.3, -0.25) is 4.79 Å². The zero-order valence-corrected chi connectivity index (χ0v) is 13.7. The lowest BCUT2D eigenvalue weighted by atomic mass is 10.1. The average Bonchev–Trinajstić information content (AvgIpc) is 3.07. The second kappa shape index (κ2) is 7.00. The first-order chi connectivity index (χ1) is 11.6. The van der Waals surface area contributed by atoms with Gasteiger partial charge < -0.3 is 15.1 Å². The van der Waals surface area contributed by atoms with Crippen LogP contribution in [-0.2, 0) is 4.79 Å². The standard InChI is InChI=1S/C19H19N3O2/c1-13-4-3-5-15(8-13)21-11-19(23)22-16-6-7-17(14(2)9-16)18-10-20-12-24-18/h3-10,12,21H,11H2,1-2H3,(H,22,23). The molecular weight excluding hydrogens is 302 g/mol. The highest BCUT2D eigenvalue weighted by molar-refractivity contribution is 5.94. The number of aromatic nitrogens is 1. The van der Waals surface area contributed by atoms with Gasteiger partial charge in [0.1, 0.15) is 0 Å². The monoisotopic (exact) mass is 321 g/mol. The lowest BCUT2D eigenvalue weighted by Gasteiger charge is -2.10. The van der Waals surface area contributed by atoms with Crippen LogP contribution in [0.4, 0.5) is 11.4 Å². The van der Waals surface area contributed by atoms with Gasteiger partial charge in [-0.2, -0.15) is 0 Å². The minimum absolute atomic E-state index is 0.0941. The fourth-order valence-corrected chi connectivity index (χ4v) is 2.51. The predicted molar refractivity (Wildman–Crippen MR) is 95.0 cm³/mol. The molecule has 0 fully saturated rings. The molecule has 0 saturated carbocycles. The van der Waals surface area contributed by atoms with Gasteiger partial charge in [0, 0.05) is 16.9 Å². The number of rotatable bonds is 5. The zero-order valence-electron chi connectivity index (χ0n) is 13.7. The molecular formula is C19H19N3O2. The van der Waals surface area contributed by atoms with E-state index in [9.17, 15) is 4.79 Å². The van der Waals surface area contributed by atoms with E-state index < -0.39 is 0 Å². The van der Waals surface area contributed by atoms with Gasteiger partial charge in [-0.1, -0.05) is 12.1 Å². The normalized spacial score (nSPS) is 10.4. The molecule has 1 heterocycles. The molecule has 0 unspecified atom stereocenters. The van der Waals surface area contributed by atoms with Crippen molar-refractivity contribution in [2.45, 2.75) is 13.8 Å². The SMILES string of the molecule is Cc1cccc(NCC(=O)Nc2ccc(-c3cnco3)c(C)c2)c1. The van der Waals surface area contributed by atoms with Gasteiger partial charge >= 0.3 is 0 Å². The molecule has 122 valence electrons. The number of anilines is 2. The van der Waals surface area contributed by atoms with E-state index in [0.29, 0.717) is 5.76 Å². The molecule has 3 rings (SSSR count). The van der Waals surface area contributed by atoms with E-state index >= 15 is 0 Å². The molecule has 0 saturated heterocycles. The number of nitrogens with zero attached hydrogens (tertiary/aromatic N) is 1. The Morgan fingerprint density at radius 3 is 2.71 bits per heavy atom. The Labute approximate surface area is 140 Å². The molecule has 0 aliphatic rings. The highest BCUT2D eigenvalue weighted by atomic mass is 16.3. The summed E-state index contributed by atoms with van der Waals surface area (Å²) in [6.07, 6.45) is 3.08. The molecule has 0 radical (unpaired) electrons. The molecule has 1 amide bonds. The Balaban J connectivity index is 1.61. The topological polar surface area (TPSA) is 67.2 Å². The summed E-state index contributed by atoms with van der Waals surface area (Å²) in [5.41, 5.74) is 4.81. The molecule has 2 aromatic carbocycles. The number of benzene rings is 2. The quantitative estimate of drug-likeness (QED) is 0.745. The van der Waals surface area contributed by atoms with Gasteiger partial charge in [0.15, 0.2) is 12.2 Å². The molecule has 0 aliphatic carbocycles. The molecule has 0 bridgehead atoms. The van der Waals surface area contributed by atoms with E-state index in [2.05, 4.69) is 15.6 Å².